The first-order chi connectivity index (χ1) is 17.1. The van der Waals surface area contributed by atoms with Gasteiger partial charge in [0.1, 0.15) is 5.84 Å². The number of ether oxygens (including phenoxy) is 3. The molecule has 1 unspecified atom stereocenters. The third-order valence-corrected chi connectivity index (χ3v) is 5.64. The quantitative estimate of drug-likeness (QED) is 0.505. The minimum absolute atomic E-state index is 0.0542. The van der Waals surface area contributed by atoms with E-state index in [4.69, 9.17) is 24.9 Å². The number of amidine groups is 1. The van der Waals surface area contributed by atoms with E-state index >= 15 is 0 Å². The number of rotatable bonds is 9. The molecular weight excluding hydrogens is 448 g/mol. The lowest BCUT2D eigenvalue weighted by atomic mass is 10.1. The minimum Gasteiger partial charge on any atom is -0.493 e. The van der Waals surface area contributed by atoms with Gasteiger partial charge in [0.2, 0.25) is 17.6 Å². The Hall–Kier alpha value is -4.05. The molecular formula is C25H30N6O4. The number of guanidine groups is 1. The van der Waals surface area contributed by atoms with E-state index in [9.17, 15) is 4.79 Å². The Balaban J connectivity index is 1.53. The van der Waals surface area contributed by atoms with Gasteiger partial charge in [0.15, 0.2) is 11.5 Å². The van der Waals surface area contributed by atoms with Crippen LogP contribution in [0, 0.1) is 5.92 Å². The molecule has 0 spiro atoms. The van der Waals surface area contributed by atoms with Gasteiger partial charge >= 0.3 is 0 Å². The van der Waals surface area contributed by atoms with Crippen LogP contribution in [0.2, 0.25) is 0 Å². The average Bonchev–Trinajstić information content (AvgIpc) is 3.30. The normalized spacial score (nSPS) is 16.2. The topological polar surface area (TPSA) is 123 Å². The summed E-state index contributed by atoms with van der Waals surface area (Å²) in [6.45, 7) is 1.45. The summed E-state index contributed by atoms with van der Waals surface area (Å²) in [6.07, 6.45) is 4.37. The number of benzene rings is 2. The van der Waals surface area contributed by atoms with Gasteiger partial charge in [-0.1, -0.05) is 18.2 Å². The van der Waals surface area contributed by atoms with Crippen LogP contribution in [0.3, 0.4) is 0 Å². The van der Waals surface area contributed by atoms with E-state index in [2.05, 4.69) is 21.7 Å². The number of anilines is 2. The van der Waals surface area contributed by atoms with Gasteiger partial charge in [0.05, 0.1) is 40.2 Å². The molecule has 0 saturated carbocycles. The lowest BCUT2D eigenvalue weighted by molar-refractivity contribution is -0.120. The van der Waals surface area contributed by atoms with E-state index in [1.54, 1.807) is 33.5 Å². The number of hydrogen-bond acceptors (Lipinski definition) is 9. The maximum Gasteiger partial charge on any atom is 0.224 e. The van der Waals surface area contributed by atoms with E-state index in [1.165, 1.54) is 0 Å². The number of hydrogen-bond donors (Lipinski definition) is 3. The Morgan fingerprint density at radius 2 is 1.91 bits per heavy atom. The van der Waals surface area contributed by atoms with E-state index in [1.807, 2.05) is 35.4 Å². The van der Waals surface area contributed by atoms with Gasteiger partial charge in [-0.3, -0.25) is 4.79 Å². The van der Waals surface area contributed by atoms with Crippen molar-refractivity contribution in [1.82, 2.24) is 5.32 Å². The zero-order chi connectivity index (χ0) is 24.8. The second-order valence-electron chi connectivity index (χ2n) is 7.98. The van der Waals surface area contributed by atoms with Crippen molar-refractivity contribution in [2.45, 2.75) is 6.42 Å². The summed E-state index contributed by atoms with van der Waals surface area (Å²) in [4.78, 5) is 23.5. The Bertz CT molecular complexity index is 1150. The molecule has 0 radical (unpaired) electrons. The lowest BCUT2D eigenvalue weighted by Crippen LogP contribution is -2.33. The number of fused-ring (bicyclic) bond motifs is 1. The number of amides is 1. The van der Waals surface area contributed by atoms with Gasteiger partial charge in [0.25, 0.3) is 0 Å². The van der Waals surface area contributed by atoms with Crippen LogP contribution in [0.4, 0.5) is 11.4 Å². The summed E-state index contributed by atoms with van der Waals surface area (Å²) >= 11 is 0. The molecule has 10 nitrogen and oxygen atoms in total. The molecule has 1 atom stereocenters. The predicted molar refractivity (Wildman–Crippen MR) is 137 cm³/mol. The zero-order valence-electron chi connectivity index (χ0n) is 20.1. The molecule has 184 valence electrons. The Labute approximate surface area is 204 Å². The first-order valence-corrected chi connectivity index (χ1v) is 11.3. The Morgan fingerprint density at radius 3 is 2.60 bits per heavy atom. The molecule has 0 fully saturated rings. The highest BCUT2D eigenvalue weighted by Crippen LogP contribution is 2.40. The summed E-state index contributed by atoms with van der Waals surface area (Å²) in [5.41, 5.74) is 8.02. The van der Waals surface area contributed by atoms with Crippen molar-refractivity contribution < 1.29 is 19.0 Å². The standard InChI is InChI=1S/C25H30N6O4/c1-33-20-13-18(14-21(34-2)23(20)35-3)29-25-28-15-17-7-10-31(24(17)30-25)19-6-4-5-16(11-19)12-22(32)27-9-8-26/h4-7,10-11,13-14,17H,8-9,12,15,26H2,1-3H3,(H,27,32)(H,28,29). The number of carbonyl (C=O) groups excluding carboxylic acids is 1. The molecule has 10 heteroatoms. The molecule has 2 aromatic rings. The number of nitrogens with one attached hydrogen (secondary N) is 2. The van der Waals surface area contributed by atoms with Crippen molar-refractivity contribution in [1.29, 1.82) is 0 Å². The fourth-order valence-electron chi connectivity index (χ4n) is 3.98. The Kier molecular flexibility index (Phi) is 7.51. The average molecular weight is 479 g/mol. The molecule has 0 aliphatic carbocycles. The van der Waals surface area contributed by atoms with Crippen LogP contribution in [0.5, 0.6) is 17.2 Å². The van der Waals surface area contributed by atoms with E-state index in [-0.39, 0.29) is 18.2 Å². The van der Waals surface area contributed by atoms with Crippen LogP contribution in [0.25, 0.3) is 0 Å². The Morgan fingerprint density at radius 1 is 1.14 bits per heavy atom. The van der Waals surface area contributed by atoms with Gasteiger partial charge < -0.3 is 35.5 Å². The monoisotopic (exact) mass is 478 g/mol. The van der Waals surface area contributed by atoms with Gasteiger partial charge in [-0.25, -0.2) is 4.99 Å². The van der Waals surface area contributed by atoms with E-state index < -0.39 is 0 Å². The second-order valence-corrected chi connectivity index (χ2v) is 7.98. The first-order valence-electron chi connectivity index (χ1n) is 11.3. The highest BCUT2D eigenvalue weighted by molar-refractivity contribution is 6.13. The van der Waals surface area contributed by atoms with Crippen LogP contribution in [0.15, 0.2) is 58.7 Å². The number of nitrogens with zero attached hydrogens (tertiary/aromatic N) is 3. The lowest BCUT2D eigenvalue weighted by Gasteiger charge is -2.24. The summed E-state index contributed by atoms with van der Waals surface area (Å²) in [5, 5.41) is 6.06. The first kappa shape index (κ1) is 24.1. The van der Waals surface area contributed by atoms with Crippen molar-refractivity contribution >= 4 is 29.1 Å². The molecule has 2 aliphatic heterocycles. The molecule has 4 N–H and O–H groups in total. The number of carbonyl (C=O) groups is 1. The SMILES string of the molecule is COc1cc(NC2=NCC3C=CN(c4cccc(CC(=O)NCCN)c4)C3=N2)cc(OC)c1OC. The molecule has 0 aromatic heterocycles. The summed E-state index contributed by atoms with van der Waals surface area (Å²) in [6, 6.07) is 11.5. The van der Waals surface area contributed by atoms with Crippen LogP contribution >= 0.6 is 0 Å². The summed E-state index contributed by atoms with van der Waals surface area (Å²) in [7, 11) is 4.71. The third kappa shape index (κ3) is 5.38. The van der Waals surface area contributed by atoms with E-state index in [0.717, 1.165) is 17.1 Å². The number of aliphatic imine (C=N–C) groups is 2. The number of methoxy groups -OCH3 is 3. The van der Waals surface area contributed by atoms with Crippen LogP contribution in [-0.4, -0.2) is 58.7 Å². The summed E-state index contributed by atoms with van der Waals surface area (Å²) < 4.78 is 16.3. The van der Waals surface area contributed by atoms with Crippen molar-refractivity contribution in [3.05, 3.63) is 54.2 Å². The third-order valence-electron chi connectivity index (χ3n) is 5.64. The molecule has 2 aliphatic rings. The smallest absolute Gasteiger partial charge is 0.224 e. The molecule has 2 heterocycles. The minimum atomic E-state index is -0.0542. The zero-order valence-corrected chi connectivity index (χ0v) is 20.1. The van der Waals surface area contributed by atoms with Crippen molar-refractivity contribution in [2.24, 2.45) is 21.6 Å². The van der Waals surface area contributed by atoms with Crippen molar-refractivity contribution in [3.63, 3.8) is 0 Å². The van der Waals surface area contributed by atoms with Gasteiger partial charge in [-0.2, -0.15) is 4.99 Å². The maximum absolute atomic E-state index is 12.1. The van der Waals surface area contributed by atoms with Gasteiger partial charge in [-0.05, 0) is 17.7 Å². The highest BCUT2D eigenvalue weighted by Gasteiger charge is 2.29. The maximum atomic E-state index is 12.1. The highest BCUT2D eigenvalue weighted by atomic mass is 16.5. The van der Waals surface area contributed by atoms with Crippen molar-refractivity contribution in [3.8, 4) is 17.2 Å². The predicted octanol–water partition coefficient (Wildman–Crippen LogP) is 2.16. The molecule has 4 rings (SSSR count). The molecule has 1 amide bonds. The molecule has 35 heavy (non-hydrogen) atoms. The van der Waals surface area contributed by atoms with Crippen LogP contribution < -0.4 is 35.5 Å². The summed E-state index contributed by atoms with van der Waals surface area (Å²) in [5.74, 6) is 2.95. The fraction of sp³-hybridized carbons (Fsp3) is 0.320. The van der Waals surface area contributed by atoms with Crippen LogP contribution in [-0.2, 0) is 11.2 Å². The largest absolute Gasteiger partial charge is 0.493 e. The van der Waals surface area contributed by atoms with Gasteiger partial charge in [-0.15, -0.1) is 0 Å². The van der Waals surface area contributed by atoms with Crippen LogP contribution in [0.1, 0.15) is 5.56 Å². The molecule has 2 aromatic carbocycles. The fourth-order valence-corrected chi connectivity index (χ4v) is 3.98. The molecule has 0 bridgehead atoms. The van der Waals surface area contributed by atoms with E-state index in [0.29, 0.717) is 48.5 Å². The van der Waals surface area contributed by atoms with Crippen molar-refractivity contribution in [2.75, 3.05) is 51.2 Å². The second kappa shape index (κ2) is 10.9. The molecule has 0 saturated heterocycles. The van der Waals surface area contributed by atoms with Gasteiger partial charge in [0, 0.05) is 42.8 Å². The number of nitrogens with two attached hydrogens (primary N) is 1.